The number of nitrogens with one attached hydrogen (secondary N) is 1. The normalized spacial score (nSPS) is 10.5. The third kappa shape index (κ3) is 2.42. The number of pyridine rings is 1. The summed E-state index contributed by atoms with van der Waals surface area (Å²) in [5.74, 6) is 0.225. The molecule has 0 amide bonds. The van der Waals surface area contributed by atoms with E-state index in [1.54, 1.807) is 32.2 Å². The first-order valence-corrected chi connectivity index (χ1v) is 6.09. The fourth-order valence-corrected chi connectivity index (χ4v) is 2.15. The van der Waals surface area contributed by atoms with Gasteiger partial charge in [0.25, 0.3) is 0 Å². The molecule has 0 bridgehead atoms. The fourth-order valence-electron chi connectivity index (χ4n) is 1.58. The molecule has 0 saturated heterocycles. The zero-order valence-electron chi connectivity index (χ0n) is 9.89. The predicted octanol–water partition coefficient (Wildman–Crippen LogP) is 4.54. The summed E-state index contributed by atoms with van der Waals surface area (Å²) >= 11 is 12.1. The van der Waals surface area contributed by atoms with Crippen molar-refractivity contribution in [2.45, 2.75) is 6.92 Å². The maximum atomic E-state index is 13.5. The van der Waals surface area contributed by atoms with Gasteiger partial charge in [0, 0.05) is 12.6 Å². The maximum Gasteiger partial charge on any atom is 0.145 e. The van der Waals surface area contributed by atoms with Crippen LogP contribution in [-0.2, 0) is 0 Å². The van der Waals surface area contributed by atoms with Gasteiger partial charge in [-0.2, -0.15) is 0 Å². The highest BCUT2D eigenvalue weighted by Gasteiger charge is 2.11. The van der Waals surface area contributed by atoms with Crippen LogP contribution < -0.4 is 5.32 Å². The molecule has 0 aliphatic carbocycles. The van der Waals surface area contributed by atoms with Crippen LogP contribution in [0.2, 0.25) is 10.0 Å². The molecule has 5 heteroatoms. The lowest BCUT2D eigenvalue weighted by Crippen LogP contribution is -1.96. The Morgan fingerprint density at radius 3 is 2.50 bits per heavy atom. The molecular weight excluding hydrogens is 274 g/mol. The van der Waals surface area contributed by atoms with Gasteiger partial charge in [-0.1, -0.05) is 35.3 Å². The van der Waals surface area contributed by atoms with Gasteiger partial charge in [-0.15, -0.1) is 0 Å². The molecule has 0 unspecified atom stereocenters. The zero-order chi connectivity index (χ0) is 13.3. The highest BCUT2D eigenvalue weighted by molar-refractivity contribution is 6.37. The minimum Gasteiger partial charge on any atom is -0.372 e. The number of halogens is 3. The number of aromatic nitrogens is 1. The van der Waals surface area contributed by atoms with Crippen molar-refractivity contribution >= 4 is 29.0 Å². The molecule has 0 atom stereocenters. The van der Waals surface area contributed by atoms with Crippen molar-refractivity contribution in [2.24, 2.45) is 0 Å². The summed E-state index contributed by atoms with van der Waals surface area (Å²) in [4.78, 5) is 4.29. The number of rotatable bonds is 2. The molecule has 1 aromatic carbocycles. The number of hydrogen-bond donors (Lipinski definition) is 1. The molecule has 0 saturated carbocycles. The number of benzene rings is 1. The Morgan fingerprint density at radius 2 is 1.89 bits per heavy atom. The average Bonchev–Trinajstić information content (AvgIpc) is 2.33. The first-order chi connectivity index (χ1) is 8.52. The minimum atomic E-state index is -0.286. The Morgan fingerprint density at radius 1 is 1.17 bits per heavy atom. The van der Waals surface area contributed by atoms with E-state index in [1.807, 2.05) is 0 Å². The highest BCUT2D eigenvalue weighted by Crippen LogP contribution is 2.32. The molecule has 1 aromatic heterocycles. The zero-order valence-corrected chi connectivity index (χ0v) is 11.4. The second-order valence-electron chi connectivity index (χ2n) is 3.86. The quantitative estimate of drug-likeness (QED) is 0.875. The molecule has 2 nitrogen and oxygen atoms in total. The summed E-state index contributed by atoms with van der Waals surface area (Å²) in [6, 6.07) is 6.47. The van der Waals surface area contributed by atoms with Gasteiger partial charge >= 0.3 is 0 Å². The van der Waals surface area contributed by atoms with E-state index in [0.29, 0.717) is 32.7 Å². The number of aryl methyl sites for hydroxylation is 1. The van der Waals surface area contributed by atoms with Crippen molar-refractivity contribution < 1.29 is 4.39 Å². The number of anilines is 1. The molecular formula is C13H11Cl2FN2. The van der Waals surface area contributed by atoms with E-state index in [-0.39, 0.29) is 5.82 Å². The SMILES string of the molecule is CNc1nc(-c2ccc(C)c(F)c2)c(Cl)cc1Cl. The molecule has 2 rings (SSSR count). The molecule has 1 heterocycles. The van der Waals surface area contributed by atoms with Crippen molar-refractivity contribution in [2.75, 3.05) is 12.4 Å². The van der Waals surface area contributed by atoms with Gasteiger partial charge in [0.05, 0.1) is 15.7 Å². The molecule has 0 fully saturated rings. The minimum absolute atomic E-state index is 0.286. The summed E-state index contributed by atoms with van der Waals surface area (Å²) in [6.45, 7) is 1.70. The van der Waals surface area contributed by atoms with E-state index < -0.39 is 0 Å². The van der Waals surface area contributed by atoms with Crippen molar-refractivity contribution in [1.29, 1.82) is 0 Å². The third-order valence-electron chi connectivity index (χ3n) is 2.61. The van der Waals surface area contributed by atoms with E-state index in [9.17, 15) is 4.39 Å². The molecule has 2 aromatic rings. The van der Waals surface area contributed by atoms with Gasteiger partial charge in [-0.05, 0) is 24.6 Å². The maximum absolute atomic E-state index is 13.5. The van der Waals surface area contributed by atoms with Crippen molar-refractivity contribution in [3.05, 3.63) is 45.7 Å². The molecule has 0 spiro atoms. The Balaban J connectivity index is 2.59. The van der Waals surface area contributed by atoms with Crippen LogP contribution in [-0.4, -0.2) is 12.0 Å². The van der Waals surface area contributed by atoms with Gasteiger partial charge in [-0.25, -0.2) is 9.37 Å². The molecule has 0 aliphatic heterocycles. The highest BCUT2D eigenvalue weighted by atomic mass is 35.5. The van der Waals surface area contributed by atoms with Crippen LogP contribution in [0.15, 0.2) is 24.3 Å². The van der Waals surface area contributed by atoms with Crippen molar-refractivity contribution in [3.8, 4) is 11.3 Å². The number of hydrogen-bond acceptors (Lipinski definition) is 2. The van der Waals surface area contributed by atoms with Crippen LogP contribution in [0.25, 0.3) is 11.3 Å². The third-order valence-corrected chi connectivity index (χ3v) is 3.19. The summed E-state index contributed by atoms with van der Waals surface area (Å²) in [5, 5.41) is 3.68. The van der Waals surface area contributed by atoms with E-state index in [1.165, 1.54) is 6.07 Å². The predicted molar refractivity (Wildman–Crippen MR) is 73.9 cm³/mol. The molecule has 1 N–H and O–H groups in total. The topological polar surface area (TPSA) is 24.9 Å². The molecule has 0 radical (unpaired) electrons. The average molecular weight is 285 g/mol. The van der Waals surface area contributed by atoms with Crippen LogP contribution >= 0.6 is 23.2 Å². The van der Waals surface area contributed by atoms with E-state index in [2.05, 4.69) is 10.3 Å². The Labute approximate surface area is 115 Å². The van der Waals surface area contributed by atoms with Gasteiger partial charge < -0.3 is 5.32 Å². The van der Waals surface area contributed by atoms with E-state index in [4.69, 9.17) is 23.2 Å². The lowest BCUT2D eigenvalue weighted by molar-refractivity contribution is 0.619. The van der Waals surface area contributed by atoms with E-state index in [0.717, 1.165) is 0 Å². The van der Waals surface area contributed by atoms with Gasteiger partial charge in [0.2, 0.25) is 0 Å². The Hall–Kier alpha value is -1.32. The summed E-state index contributed by atoms with van der Waals surface area (Å²) in [6.07, 6.45) is 0. The monoisotopic (exact) mass is 284 g/mol. The van der Waals surface area contributed by atoms with Crippen LogP contribution in [0.1, 0.15) is 5.56 Å². The standard InChI is InChI=1S/C13H11Cl2FN2/c1-7-3-4-8(5-11(7)16)12-9(14)6-10(15)13(17-2)18-12/h3-6H,1-2H3,(H,17,18). The van der Waals surface area contributed by atoms with Crippen LogP contribution in [0.5, 0.6) is 0 Å². The van der Waals surface area contributed by atoms with Crippen molar-refractivity contribution in [1.82, 2.24) is 4.98 Å². The lowest BCUT2D eigenvalue weighted by Gasteiger charge is -2.09. The largest absolute Gasteiger partial charge is 0.372 e. The lowest BCUT2D eigenvalue weighted by atomic mass is 10.1. The summed E-state index contributed by atoms with van der Waals surface area (Å²) in [7, 11) is 1.71. The summed E-state index contributed by atoms with van der Waals surface area (Å²) in [5.41, 5.74) is 1.71. The van der Waals surface area contributed by atoms with E-state index >= 15 is 0 Å². The smallest absolute Gasteiger partial charge is 0.145 e. The van der Waals surface area contributed by atoms with Crippen LogP contribution in [0, 0.1) is 12.7 Å². The van der Waals surface area contributed by atoms with Gasteiger partial charge in [-0.3, -0.25) is 0 Å². The Kier molecular flexibility index (Phi) is 3.73. The van der Waals surface area contributed by atoms with Gasteiger partial charge in [0.1, 0.15) is 11.6 Å². The molecule has 0 aliphatic rings. The van der Waals surface area contributed by atoms with Crippen molar-refractivity contribution in [3.63, 3.8) is 0 Å². The fraction of sp³-hybridized carbons (Fsp3) is 0.154. The Bertz CT molecular complexity index is 600. The first kappa shape index (κ1) is 13.1. The van der Waals surface area contributed by atoms with Crippen LogP contribution in [0.4, 0.5) is 10.2 Å². The second kappa shape index (κ2) is 5.12. The first-order valence-electron chi connectivity index (χ1n) is 5.33. The summed E-state index contributed by atoms with van der Waals surface area (Å²) < 4.78 is 13.5. The molecule has 94 valence electrons. The second-order valence-corrected chi connectivity index (χ2v) is 4.68. The molecule has 18 heavy (non-hydrogen) atoms. The van der Waals surface area contributed by atoms with Crippen LogP contribution in [0.3, 0.4) is 0 Å². The van der Waals surface area contributed by atoms with Gasteiger partial charge in [0.15, 0.2) is 0 Å². The number of nitrogens with zero attached hydrogens (tertiary/aromatic N) is 1.